The van der Waals surface area contributed by atoms with Crippen LogP contribution in [-0.2, 0) is 6.18 Å². The van der Waals surface area contributed by atoms with Gasteiger partial charge in [0.15, 0.2) is 11.6 Å². The molecule has 0 amide bonds. The van der Waals surface area contributed by atoms with Crippen molar-refractivity contribution < 1.29 is 17.9 Å². The fourth-order valence-electron chi connectivity index (χ4n) is 2.05. The number of aromatic nitrogens is 2. The summed E-state index contributed by atoms with van der Waals surface area (Å²) in [5.41, 5.74) is -0.393. The molecule has 0 bridgehead atoms. The van der Waals surface area contributed by atoms with Crippen molar-refractivity contribution in [2.24, 2.45) is 5.92 Å². The number of hydrogen-bond acceptors (Lipinski definition) is 4. The molecule has 0 atom stereocenters. The summed E-state index contributed by atoms with van der Waals surface area (Å²) in [5.74, 6) is 1.24. The van der Waals surface area contributed by atoms with Crippen molar-refractivity contribution in [3.63, 3.8) is 0 Å². The van der Waals surface area contributed by atoms with Gasteiger partial charge in [0, 0.05) is 24.6 Å². The molecule has 3 rings (SSSR count). The van der Waals surface area contributed by atoms with Crippen LogP contribution < -0.4 is 10.1 Å². The van der Waals surface area contributed by atoms with E-state index in [0.29, 0.717) is 23.8 Å². The maximum Gasteiger partial charge on any atom is 0.416 e. The molecule has 1 fully saturated rings. The molecule has 1 aromatic heterocycles. The van der Waals surface area contributed by atoms with Gasteiger partial charge in [-0.3, -0.25) is 0 Å². The van der Waals surface area contributed by atoms with Crippen LogP contribution in [0, 0.1) is 5.92 Å². The van der Waals surface area contributed by atoms with Crippen LogP contribution in [0.1, 0.15) is 5.56 Å². The lowest BCUT2D eigenvalue weighted by Gasteiger charge is -2.26. The molecule has 0 saturated carbocycles. The fraction of sp³-hybridized carbons (Fsp3) is 0.333. The highest BCUT2D eigenvalue weighted by Gasteiger charge is 2.30. The Morgan fingerprint density at radius 2 is 1.91 bits per heavy atom. The minimum absolute atomic E-state index is 0.240. The Balaban J connectivity index is 1.72. The Hall–Kier alpha value is -2.15. The van der Waals surface area contributed by atoms with E-state index >= 15 is 0 Å². The van der Waals surface area contributed by atoms with Gasteiger partial charge in [0.1, 0.15) is 0 Å². The van der Waals surface area contributed by atoms with Gasteiger partial charge in [0.05, 0.1) is 24.6 Å². The van der Waals surface area contributed by atoms with E-state index in [0.717, 1.165) is 25.2 Å². The van der Waals surface area contributed by atoms with Crippen LogP contribution >= 0.6 is 0 Å². The zero-order chi connectivity index (χ0) is 15.6. The second-order valence-corrected chi connectivity index (χ2v) is 5.16. The molecule has 22 heavy (non-hydrogen) atoms. The van der Waals surface area contributed by atoms with Crippen LogP contribution in [0.15, 0.2) is 36.7 Å². The second kappa shape index (κ2) is 5.92. The van der Waals surface area contributed by atoms with Crippen LogP contribution in [0.3, 0.4) is 0 Å². The van der Waals surface area contributed by atoms with Gasteiger partial charge in [-0.2, -0.15) is 13.2 Å². The predicted molar refractivity (Wildman–Crippen MR) is 74.3 cm³/mol. The summed E-state index contributed by atoms with van der Waals surface area (Å²) in [5, 5.41) is 3.14. The lowest BCUT2D eigenvalue weighted by molar-refractivity contribution is -0.137. The summed E-state index contributed by atoms with van der Waals surface area (Å²) in [6, 6.07) is 4.95. The summed E-state index contributed by atoms with van der Waals surface area (Å²) in [4.78, 5) is 8.15. The van der Waals surface area contributed by atoms with E-state index in [2.05, 4.69) is 15.3 Å². The van der Waals surface area contributed by atoms with Gasteiger partial charge in [0.2, 0.25) is 0 Å². The molecule has 1 N–H and O–H groups in total. The topological polar surface area (TPSA) is 47.0 Å². The minimum atomic E-state index is -4.38. The van der Waals surface area contributed by atoms with Crippen molar-refractivity contribution in [1.82, 2.24) is 15.3 Å². The van der Waals surface area contributed by atoms with Crippen molar-refractivity contribution in [2.45, 2.75) is 6.18 Å². The molecule has 0 spiro atoms. The zero-order valence-corrected chi connectivity index (χ0v) is 11.6. The third kappa shape index (κ3) is 3.36. The Kier molecular flexibility index (Phi) is 3.98. The normalized spacial score (nSPS) is 15.4. The average molecular weight is 309 g/mol. The first kappa shape index (κ1) is 14.8. The third-order valence-corrected chi connectivity index (χ3v) is 3.43. The molecule has 4 nitrogen and oxygen atoms in total. The summed E-state index contributed by atoms with van der Waals surface area (Å²) in [7, 11) is 0. The van der Waals surface area contributed by atoms with Gasteiger partial charge in [-0.25, -0.2) is 9.97 Å². The SMILES string of the molecule is FC(F)(F)c1cccc(-c2ncc(OCC3CNC3)cn2)c1. The molecule has 116 valence electrons. The van der Waals surface area contributed by atoms with Crippen molar-refractivity contribution in [3.8, 4) is 17.1 Å². The van der Waals surface area contributed by atoms with Crippen molar-refractivity contribution in [3.05, 3.63) is 42.2 Å². The summed E-state index contributed by atoms with van der Waals surface area (Å²) < 4.78 is 43.6. The number of nitrogens with zero attached hydrogens (tertiary/aromatic N) is 2. The van der Waals surface area contributed by atoms with Crippen molar-refractivity contribution in [1.29, 1.82) is 0 Å². The van der Waals surface area contributed by atoms with Gasteiger partial charge < -0.3 is 10.1 Å². The van der Waals surface area contributed by atoms with E-state index in [-0.39, 0.29) is 5.82 Å². The van der Waals surface area contributed by atoms with Gasteiger partial charge in [-0.15, -0.1) is 0 Å². The Bertz CT molecular complexity index is 639. The molecule has 0 unspecified atom stereocenters. The first-order chi connectivity index (χ1) is 10.5. The summed E-state index contributed by atoms with van der Waals surface area (Å²) in [6.07, 6.45) is -1.42. The predicted octanol–water partition coefficient (Wildman–Crippen LogP) is 2.76. The van der Waals surface area contributed by atoms with E-state index in [1.165, 1.54) is 18.5 Å². The molecule has 1 aromatic carbocycles. The maximum absolute atomic E-state index is 12.7. The van der Waals surface area contributed by atoms with Gasteiger partial charge in [0.25, 0.3) is 0 Å². The van der Waals surface area contributed by atoms with Crippen molar-refractivity contribution >= 4 is 0 Å². The van der Waals surface area contributed by atoms with Crippen LogP contribution in [0.25, 0.3) is 11.4 Å². The van der Waals surface area contributed by atoms with E-state index < -0.39 is 11.7 Å². The number of benzene rings is 1. The number of ether oxygens (including phenoxy) is 1. The summed E-state index contributed by atoms with van der Waals surface area (Å²) in [6.45, 7) is 2.45. The molecule has 0 radical (unpaired) electrons. The van der Waals surface area contributed by atoms with Crippen LogP contribution in [-0.4, -0.2) is 29.7 Å². The molecular formula is C15H14F3N3O. The van der Waals surface area contributed by atoms with Gasteiger partial charge in [-0.05, 0) is 12.1 Å². The standard InChI is InChI=1S/C15H14F3N3O/c16-15(17,18)12-3-1-2-11(4-12)14-20-7-13(8-21-14)22-9-10-5-19-6-10/h1-4,7-8,10,19H,5-6,9H2. The van der Waals surface area contributed by atoms with E-state index in [9.17, 15) is 13.2 Å². The van der Waals surface area contributed by atoms with E-state index in [1.807, 2.05) is 0 Å². The lowest BCUT2D eigenvalue weighted by Crippen LogP contribution is -2.45. The van der Waals surface area contributed by atoms with Crippen LogP contribution in [0.2, 0.25) is 0 Å². The van der Waals surface area contributed by atoms with E-state index in [4.69, 9.17) is 4.74 Å². The first-order valence-corrected chi connectivity index (χ1v) is 6.85. The highest BCUT2D eigenvalue weighted by Crippen LogP contribution is 2.31. The number of halogens is 3. The summed E-state index contributed by atoms with van der Waals surface area (Å²) >= 11 is 0. The Morgan fingerprint density at radius 1 is 1.18 bits per heavy atom. The largest absolute Gasteiger partial charge is 0.490 e. The smallest absolute Gasteiger partial charge is 0.416 e. The quantitative estimate of drug-likeness (QED) is 0.943. The molecule has 2 heterocycles. The maximum atomic E-state index is 12.7. The number of nitrogens with one attached hydrogen (secondary N) is 1. The third-order valence-electron chi connectivity index (χ3n) is 3.43. The van der Waals surface area contributed by atoms with Gasteiger partial charge >= 0.3 is 6.18 Å². The Morgan fingerprint density at radius 3 is 2.50 bits per heavy atom. The highest BCUT2D eigenvalue weighted by molar-refractivity contribution is 5.56. The van der Waals surface area contributed by atoms with Crippen LogP contribution in [0.5, 0.6) is 5.75 Å². The first-order valence-electron chi connectivity index (χ1n) is 6.85. The van der Waals surface area contributed by atoms with Crippen molar-refractivity contribution in [2.75, 3.05) is 19.7 Å². The number of rotatable bonds is 4. The monoisotopic (exact) mass is 309 g/mol. The van der Waals surface area contributed by atoms with Gasteiger partial charge in [-0.1, -0.05) is 12.1 Å². The molecule has 7 heteroatoms. The van der Waals surface area contributed by atoms with E-state index in [1.54, 1.807) is 6.07 Å². The molecule has 1 aliphatic heterocycles. The van der Waals surface area contributed by atoms with Crippen LogP contribution in [0.4, 0.5) is 13.2 Å². The number of hydrogen-bond donors (Lipinski definition) is 1. The lowest BCUT2D eigenvalue weighted by atomic mass is 10.1. The molecular weight excluding hydrogens is 295 g/mol. The second-order valence-electron chi connectivity index (χ2n) is 5.16. The zero-order valence-electron chi connectivity index (χ0n) is 11.6. The number of alkyl halides is 3. The highest BCUT2D eigenvalue weighted by atomic mass is 19.4. The molecule has 0 aliphatic carbocycles. The minimum Gasteiger partial charge on any atom is -0.490 e. The fourth-order valence-corrected chi connectivity index (χ4v) is 2.05. The molecule has 1 saturated heterocycles. The molecule has 1 aliphatic rings. The Labute approximate surface area is 125 Å². The molecule has 2 aromatic rings. The average Bonchev–Trinajstić information content (AvgIpc) is 2.46.